The Hall–Kier alpha value is -0.430. The molecule has 102 valence electrons. The highest BCUT2D eigenvalue weighted by molar-refractivity contribution is 14.1. The van der Waals surface area contributed by atoms with E-state index in [0.29, 0.717) is 11.6 Å². The van der Waals surface area contributed by atoms with Crippen molar-refractivity contribution >= 4 is 28.4 Å². The van der Waals surface area contributed by atoms with E-state index in [-0.39, 0.29) is 11.5 Å². The number of rotatable bonds is 4. The van der Waals surface area contributed by atoms with Gasteiger partial charge in [-0.2, -0.15) is 0 Å². The van der Waals surface area contributed by atoms with Crippen LogP contribution in [0.25, 0.3) is 0 Å². The van der Waals surface area contributed by atoms with Crippen molar-refractivity contribution in [3.05, 3.63) is 15.1 Å². The molecule has 18 heavy (non-hydrogen) atoms. The van der Waals surface area contributed by atoms with E-state index in [1.165, 1.54) is 0 Å². The molecule has 0 bridgehead atoms. The summed E-state index contributed by atoms with van der Waals surface area (Å²) in [6.07, 6.45) is 1.86. The molecule has 0 aliphatic heterocycles. The second kappa shape index (κ2) is 6.14. The summed E-state index contributed by atoms with van der Waals surface area (Å²) in [7, 11) is 1.69. The van der Waals surface area contributed by atoms with E-state index in [0.717, 1.165) is 22.1 Å². The first-order valence-electron chi connectivity index (χ1n) is 6.17. The molecule has 0 saturated carbocycles. The van der Waals surface area contributed by atoms with Gasteiger partial charge >= 0.3 is 0 Å². The first-order chi connectivity index (χ1) is 8.31. The standard InChI is InChI=1S/C13H22IN3O/c1-6-7-8(18-5)12-16-10(13(2,3)4)9(14)11(15)17-12/h8H,6-7H2,1-5H3,(H2,15,16,17). The summed E-state index contributed by atoms with van der Waals surface area (Å²) >= 11 is 2.21. The molecule has 0 aliphatic rings. The van der Waals surface area contributed by atoms with Crippen LogP contribution in [0.3, 0.4) is 0 Å². The number of halogens is 1. The molecule has 5 heteroatoms. The minimum absolute atomic E-state index is 0.0488. The number of nitrogens with two attached hydrogens (primary N) is 1. The highest BCUT2D eigenvalue weighted by Gasteiger charge is 2.24. The van der Waals surface area contributed by atoms with Crippen LogP contribution < -0.4 is 5.73 Å². The maximum Gasteiger partial charge on any atom is 0.159 e. The van der Waals surface area contributed by atoms with Crippen molar-refractivity contribution < 1.29 is 4.74 Å². The van der Waals surface area contributed by atoms with E-state index in [1.807, 2.05) is 0 Å². The molecule has 0 aliphatic carbocycles. The smallest absolute Gasteiger partial charge is 0.159 e. The van der Waals surface area contributed by atoms with Crippen molar-refractivity contribution in [2.45, 2.75) is 52.1 Å². The molecule has 4 nitrogen and oxygen atoms in total. The van der Waals surface area contributed by atoms with Crippen molar-refractivity contribution in [2.24, 2.45) is 0 Å². The normalized spacial score (nSPS) is 13.7. The Bertz CT molecular complexity index is 415. The van der Waals surface area contributed by atoms with Crippen molar-refractivity contribution in [2.75, 3.05) is 12.8 Å². The lowest BCUT2D eigenvalue weighted by Gasteiger charge is -2.22. The van der Waals surface area contributed by atoms with Crippen LogP contribution >= 0.6 is 22.6 Å². The Labute approximate surface area is 123 Å². The Morgan fingerprint density at radius 1 is 1.33 bits per heavy atom. The number of nitrogens with zero attached hydrogens (tertiary/aromatic N) is 2. The maximum absolute atomic E-state index is 5.99. The number of hydrogen-bond acceptors (Lipinski definition) is 4. The SMILES string of the molecule is CCCC(OC)c1nc(N)c(I)c(C(C)(C)C)n1. The fourth-order valence-corrected chi connectivity index (χ4v) is 2.79. The van der Waals surface area contributed by atoms with Crippen molar-refractivity contribution in [3.63, 3.8) is 0 Å². The van der Waals surface area contributed by atoms with Gasteiger partial charge in [0, 0.05) is 12.5 Å². The zero-order valence-electron chi connectivity index (χ0n) is 11.7. The molecule has 1 rings (SSSR count). The lowest BCUT2D eigenvalue weighted by Crippen LogP contribution is -2.21. The molecule has 1 aromatic rings. The summed E-state index contributed by atoms with van der Waals surface area (Å²) in [5.41, 5.74) is 6.93. The zero-order chi connectivity index (χ0) is 13.9. The average molecular weight is 363 g/mol. The van der Waals surface area contributed by atoms with Crippen molar-refractivity contribution in [3.8, 4) is 0 Å². The van der Waals surface area contributed by atoms with E-state index in [4.69, 9.17) is 10.5 Å². The predicted octanol–water partition coefficient (Wildman–Crippen LogP) is 3.45. The molecule has 2 N–H and O–H groups in total. The Kier molecular flexibility index (Phi) is 5.33. The molecule has 0 amide bonds. The number of anilines is 1. The summed E-state index contributed by atoms with van der Waals surface area (Å²) in [5, 5.41) is 0. The lowest BCUT2D eigenvalue weighted by atomic mass is 9.91. The van der Waals surface area contributed by atoms with Crippen LogP contribution in [0.2, 0.25) is 0 Å². The van der Waals surface area contributed by atoms with Gasteiger partial charge in [0.2, 0.25) is 0 Å². The first kappa shape index (κ1) is 15.6. The van der Waals surface area contributed by atoms with Gasteiger partial charge in [-0.05, 0) is 29.0 Å². The van der Waals surface area contributed by atoms with Crippen LogP contribution in [0.4, 0.5) is 5.82 Å². The van der Waals surface area contributed by atoms with Gasteiger partial charge in [-0.3, -0.25) is 0 Å². The van der Waals surface area contributed by atoms with E-state index < -0.39 is 0 Å². The van der Waals surface area contributed by atoms with Gasteiger partial charge in [0.15, 0.2) is 5.82 Å². The molecule has 1 unspecified atom stereocenters. The van der Waals surface area contributed by atoms with Crippen LogP contribution in [0.15, 0.2) is 0 Å². The summed E-state index contributed by atoms with van der Waals surface area (Å²) in [6.45, 7) is 8.50. The predicted molar refractivity (Wildman–Crippen MR) is 82.5 cm³/mol. The largest absolute Gasteiger partial charge is 0.383 e. The van der Waals surface area contributed by atoms with Crippen molar-refractivity contribution in [1.29, 1.82) is 0 Å². The van der Waals surface area contributed by atoms with Gasteiger partial charge in [0.1, 0.15) is 11.9 Å². The monoisotopic (exact) mass is 363 g/mol. The van der Waals surface area contributed by atoms with Gasteiger partial charge in [0.05, 0.1) is 9.26 Å². The lowest BCUT2D eigenvalue weighted by molar-refractivity contribution is 0.0873. The molecule has 1 atom stereocenters. The van der Waals surface area contributed by atoms with E-state index >= 15 is 0 Å². The molecule has 1 heterocycles. The average Bonchev–Trinajstić information content (AvgIpc) is 2.28. The van der Waals surface area contributed by atoms with Gasteiger partial charge in [-0.1, -0.05) is 34.1 Å². The maximum atomic E-state index is 5.99. The van der Waals surface area contributed by atoms with E-state index in [1.54, 1.807) is 7.11 Å². The van der Waals surface area contributed by atoms with Crippen LogP contribution in [0.1, 0.15) is 58.2 Å². The Morgan fingerprint density at radius 2 is 1.94 bits per heavy atom. The third-order valence-corrected chi connectivity index (χ3v) is 3.79. The summed E-state index contributed by atoms with van der Waals surface area (Å²) in [4.78, 5) is 9.04. The van der Waals surface area contributed by atoms with Crippen LogP contribution in [-0.2, 0) is 10.2 Å². The van der Waals surface area contributed by atoms with E-state index in [2.05, 4.69) is 60.3 Å². The second-order valence-corrected chi connectivity index (χ2v) is 6.47. The van der Waals surface area contributed by atoms with Crippen LogP contribution in [0, 0.1) is 3.57 Å². The third-order valence-electron chi connectivity index (χ3n) is 2.73. The summed E-state index contributed by atoms with van der Waals surface area (Å²) in [5.74, 6) is 1.24. The van der Waals surface area contributed by atoms with Crippen molar-refractivity contribution in [1.82, 2.24) is 9.97 Å². The number of aromatic nitrogens is 2. The molecule has 0 aromatic carbocycles. The molecule has 0 fully saturated rings. The number of methoxy groups -OCH3 is 1. The van der Waals surface area contributed by atoms with Gasteiger partial charge in [-0.25, -0.2) is 9.97 Å². The van der Waals surface area contributed by atoms with Gasteiger partial charge < -0.3 is 10.5 Å². The second-order valence-electron chi connectivity index (χ2n) is 5.39. The number of hydrogen-bond donors (Lipinski definition) is 1. The Morgan fingerprint density at radius 3 is 2.39 bits per heavy atom. The number of ether oxygens (including phenoxy) is 1. The third kappa shape index (κ3) is 3.54. The molecular formula is C13H22IN3O. The topological polar surface area (TPSA) is 61.0 Å². The fourth-order valence-electron chi connectivity index (χ4n) is 1.74. The summed E-state index contributed by atoms with van der Waals surface area (Å²) < 4.78 is 6.40. The highest BCUT2D eigenvalue weighted by atomic mass is 127. The van der Waals surface area contributed by atoms with Gasteiger partial charge in [-0.15, -0.1) is 0 Å². The van der Waals surface area contributed by atoms with Crippen LogP contribution in [-0.4, -0.2) is 17.1 Å². The molecule has 0 spiro atoms. The minimum Gasteiger partial charge on any atom is -0.383 e. The first-order valence-corrected chi connectivity index (χ1v) is 7.25. The van der Waals surface area contributed by atoms with E-state index in [9.17, 15) is 0 Å². The highest BCUT2D eigenvalue weighted by Crippen LogP contribution is 2.30. The molecule has 0 saturated heterocycles. The number of nitrogen functional groups attached to an aromatic ring is 1. The fraction of sp³-hybridized carbons (Fsp3) is 0.692. The molecular weight excluding hydrogens is 341 g/mol. The van der Waals surface area contributed by atoms with Gasteiger partial charge in [0.25, 0.3) is 0 Å². The molecule has 1 aromatic heterocycles. The minimum atomic E-state index is -0.0737. The molecule has 0 radical (unpaired) electrons. The summed E-state index contributed by atoms with van der Waals surface area (Å²) in [6, 6.07) is 0. The Balaban J connectivity index is 3.27. The zero-order valence-corrected chi connectivity index (χ0v) is 13.9. The quantitative estimate of drug-likeness (QED) is 0.833. The van der Waals surface area contributed by atoms with Crippen LogP contribution in [0.5, 0.6) is 0 Å².